The van der Waals surface area contributed by atoms with Crippen molar-refractivity contribution in [2.45, 2.75) is 50.2 Å². The number of methoxy groups -OCH3 is 2. The molecule has 10 nitrogen and oxygen atoms in total. The zero-order chi connectivity index (χ0) is 27.4. The summed E-state index contributed by atoms with van der Waals surface area (Å²) in [5.74, 6) is 0.371. The topological polar surface area (TPSA) is 132 Å². The molecule has 0 radical (unpaired) electrons. The molecule has 2 aromatic rings. The second kappa shape index (κ2) is 11.8. The summed E-state index contributed by atoms with van der Waals surface area (Å²) in [4.78, 5) is 25.0. The first-order valence-electron chi connectivity index (χ1n) is 11.4. The lowest BCUT2D eigenvalue weighted by molar-refractivity contribution is 0.0435. The summed E-state index contributed by atoms with van der Waals surface area (Å²) < 4.78 is 47.6. The first-order valence-corrected chi connectivity index (χ1v) is 14.1. The van der Waals surface area contributed by atoms with Gasteiger partial charge in [0.15, 0.2) is 0 Å². The number of halogens is 1. The molecule has 1 atom stereocenters. The van der Waals surface area contributed by atoms with Crippen LogP contribution in [0.4, 0.5) is 4.79 Å². The van der Waals surface area contributed by atoms with Crippen molar-refractivity contribution in [1.29, 1.82) is 0 Å². The molecule has 0 saturated heterocycles. The highest BCUT2D eigenvalue weighted by molar-refractivity contribution is 8.13. The predicted octanol–water partition coefficient (Wildman–Crippen LogP) is 3.92. The molecule has 13 heteroatoms. The second-order valence-electron chi connectivity index (χ2n) is 8.78. The van der Waals surface area contributed by atoms with Crippen LogP contribution in [0.1, 0.15) is 43.1 Å². The van der Waals surface area contributed by atoms with Crippen molar-refractivity contribution < 1.29 is 32.2 Å². The van der Waals surface area contributed by atoms with E-state index in [9.17, 15) is 18.0 Å². The summed E-state index contributed by atoms with van der Waals surface area (Å²) in [5.41, 5.74) is -0.0741. The minimum atomic E-state index is -4.26. The van der Waals surface area contributed by atoms with Crippen molar-refractivity contribution in [2.24, 2.45) is 0 Å². The predicted molar refractivity (Wildman–Crippen MR) is 142 cm³/mol. The van der Waals surface area contributed by atoms with E-state index in [0.717, 1.165) is 6.42 Å². The number of carbonyl (C=O) groups excluding carboxylic acids is 2. The molecule has 3 rings (SSSR count). The molecule has 0 aliphatic carbocycles. The third-order valence-electron chi connectivity index (χ3n) is 5.72. The number of rotatable bonds is 9. The maximum atomic E-state index is 13.1. The van der Waals surface area contributed by atoms with Crippen LogP contribution in [-0.4, -0.2) is 52.0 Å². The lowest BCUT2D eigenvalue weighted by Crippen LogP contribution is -2.55. The average Bonchev–Trinajstić information content (AvgIpc) is 2.83. The number of ether oxygens (including phenoxy) is 3. The molecule has 202 valence electrons. The fourth-order valence-corrected chi connectivity index (χ4v) is 5.89. The largest absolute Gasteiger partial charge is 0.496 e. The van der Waals surface area contributed by atoms with Gasteiger partial charge in [0.25, 0.3) is 15.9 Å². The number of amides is 2. The van der Waals surface area contributed by atoms with Crippen LogP contribution in [-0.2, 0) is 16.4 Å². The Balaban J connectivity index is 1.90. The minimum Gasteiger partial charge on any atom is -0.496 e. The van der Waals surface area contributed by atoms with Crippen molar-refractivity contribution in [1.82, 2.24) is 14.8 Å². The lowest BCUT2D eigenvalue weighted by Gasteiger charge is -2.40. The van der Waals surface area contributed by atoms with Gasteiger partial charge in [-0.3, -0.25) is 14.3 Å². The van der Waals surface area contributed by atoms with Crippen LogP contribution in [0.5, 0.6) is 17.2 Å². The number of benzene rings is 2. The highest BCUT2D eigenvalue weighted by Crippen LogP contribution is 2.39. The molecule has 0 saturated carbocycles. The van der Waals surface area contributed by atoms with Crippen LogP contribution in [0.2, 0.25) is 5.02 Å². The Hall–Kier alpha value is -2.67. The molecule has 1 aliphatic heterocycles. The highest BCUT2D eigenvalue weighted by Gasteiger charge is 2.40. The Morgan fingerprint density at radius 1 is 1.16 bits per heavy atom. The maximum absolute atomic E-state index is 13.1. The summed E-state index contributed by atoms with van der Waals surface area (Å²) in [7, 11) is -1.47. The van der Waals surface area contributed by atoms with E-state index in [1.807, 2.05) is 25.5 Å². The Labute approximate surface area is 225 Å². The zero-order valence-corrected chi connectivity index (χ0v) is 23.5. The van der Waals surface area contributed by atoms with Gasteiger partial charge in [-0.05, 0) is 50.1 Å². The molecule has 1 aliphatic rings. The van der Waals surface area contributed by atoms with Crippen LogP contribution in [0.15, 0.2) is 35.2 Å². The molecular weight excluding hydrogens is 542 g/mol. The van der Waals surface area contributed by atoms with Crippen LogP contribution >= 0.6 is 23.5 Å². The molecule has 0 aromatic heterocycles. The standard InChI is InChI=1S/C24H30ClN3O7S2/c1-6-9-26-36-23(30)28-37(31,32)20-10-14-11-21(24(2,3)35-18(14)13-19(20)34-5)27-22(29)16-12-15(25)7-8-17(16)33-4/h7-8,10,12-13,21,26H,6,9,11H2,1-5H3,(H,27,29)(H,28,30). The van der Waals surface area contributed by atoms with Crippen LogP contribution < -0.4 is 29.0 Å². The first kappa shape index (κ1) is 28.9. The molecular formula is C24H30ClN3O7S2. The summed E-state index contributed by atoms with van der Waals surface area (Å²) in [6.07, 6.45) is 1.04. The first-order chi connectivity index (χ1) is 17.4. The molecule has 1 heterocycles. The number of fused-ring (bicyclic) bond motifs is 1. The Morgan fingerprint density at radius 3 is 2.51 bits per heavy atom. The molecule has 0 fully saturated rings. The van der Waals surface area contributed by atoms with Gasteiger partial charge in [-0.25, -0.2) is 13.1 Å². The molecule has 3 N–H and O–H groups in total. The Kier molecular flexibility index (Phi) is 9.22. The molecule has 0 bridgehead atoms. The SMILES string of the molecule is CCCNSC(=O)NS(=O)(=O)c1cc2c(cc1OC)OC(C)(C)C(NC(=O)c1cc(Cl)ccc1OC)C2. The van der Waals surface area contributed by atoms with Gasteiger partial charge in [-0.15, -0.1) is 0 Å². The summed E-state index contributed by atoms with van der Waals surface area (Å²) in [6.45, 7) is 6.09. The molecule has 0 spiro atoms. The van der Waals surface area contributed by atoms with Crippen molar-refractivity contribution in [2.75, 3.05) is 20.8 Å². The summed E-state index contributed by atoms with van der Waals surface area (Å²) >= 11 is 6.74. The van der Waals surface area contributed by atoms with E-state index in [-0.39, 0.29) is 22.6 Å². The third-order valence-corrected chi connectivity index (χ3v) is 8.07. The van der Waals surface area contributed by atoms with E-state index < -0.39 is 32.8 Å². The fraction of sp³-hybridized carbons (Fsp3) is 0.417. The van der Waals surface area contributed by atoms with Gasteiger partial charge in [-0.1, -0.05) is 18.5 Å². The monoisotopic (exact) mass is 571 g/mol. The van der Waals surface area contributed by atoms with Gasteiger partial charge in [0, 0.05) is 36.0 Å². The fourth-order valence-electron chi connectivity index (χ4n) is 3.75. The van der Waals surface area contributed by atoms with E-state index >= 15 is 0 Å². The third kappa shape index (κ3) is 6.81. The van der Waals surface area contributed by atoms with E-state index in [1.54, 1.807) is 12.1 Å². The number of hydrogen-bond acceptors (Lipinski definition) is 9. The van der Waals surface area contributed by atoms with Gasteiger partial charge < -0.3 is 19.5 Å². The van der Waals surface area contributed by atoms with Crippen molar-refractivity contribution in [3.8, 4) is 17.2 Å². The maximum Gasteiger partial charge on any atom is 0.307 e. The van der Waals surface area contributed by atoms with E-state index in [2.05, 4.69) is 10.0 Å². The van der Waals surface area contributed by atoms with Gasteiger partial charge in [0.05, 0.1) is 25.8 Å². The molecule has 2 aromatic carbocycles. The number of carbonyl (C=O) groups is 2. The Morgan fingerprint density at radius 2 is 1.86 bits per heavy atom. The van der Waals surface area contributed by atoms with Gasteiger partial charge in [-0.2, -0.15) is 0 Å². The van der Waals surface area contributed by atoms with Crippen molar-refractivity contribution >= 4 is 44.7 Å². The van der Waals surface area contributed by atoms with E-state index in [4.69, 9.17) is 25.8 Å². The molecule has 1 unspecified atom stereocenters. The number of sulfonamides is 1. The highest BCUT2D eigenvalue weighted by atomic mass is 35.5. The van der Waals surface area contributed by atoms with E-state index in [1.165, 1.54) is 32.4 Å². The zero-order valence-electron chi connectivity index (χ0n) is 21.1. The number of hydrogen-bond donors (Lipinski definition) is 3. The van der Waals surface area contributed by atoms with Gasteiger partial charge >= 0.3 is 5.24 Å². The molecule has 37 heavy (non-hydrogen) atoms. The van der Waals surface area contributed by atoms with Crippen LogP contribution in [0.3, 0.4) is 0 Å². The molecule has 2 amide bonds. The van der Waals surface area contributed by atoms with Gasteiger partial charge in [0.2, 0.25) is 0 Å². The summed E-state index contributed by atoms with van der Waals surface area (Å²) in [5, 5.41) is 2.56. The number of nitrogens with one attached hydrogen (secondary N) is 3. The Bertz CT molecular complexity index is 1290. The summed E-state index contributed by atoms with van der Waals surface area (Å²) in [6, 6.07) is 7.05. The minimum absolute atomic E-state index is 0.0208. The van der Waals surface area contributed by atoms with Crippen LogP contribution in [0, 0.1) is 0 Å². The van der Waals surface area contributed by atoms with Crippen molar-refractivity contribution in [3.05, 3.63) is 46.5 Å². The normalized spacial score (nSPS) is 16.2. The van der Waals surface area contributed by atoms with E-state index in [0.29, 0.717) is 40.6 Å². The second-order valence-corrected chi connectivity index (χ2v) is 11.7. The quantitative estimate of drug-likeness (QED) is 0.302. The van der Waals surface area contributed by atoms with Crippen molar-refractivity contribution in [3.63, 3.8) is 0 Å². The average molecular weight is 572 g/mol. The lowest BCUT2D eigenvalue weighted by atomic mass is 9.88. The van der Waals surface area contributed by atoms with Crippen LogP contribution in [0.25, 0.3) is 0 Å². The smallest absolute Gasteiger partial charge is 0.307 e. The van der Waals surface area contributed by atoms with Gasteiger partial charge in [0.1, 0.15) is 27.7 Å².